The Balaban J connectivity index is 2.04. The van der Waals surface area contributed by atoms with Crippen LogP contribution >= 0.6 is 35.0 Å². The van der Waals surface area contributed by atoms with Crippen molar-refractivity contribution in [2.45, 2.75) is 30.6 Å². The summed E-state index contributed by atoms with van der Waals surface area (Å²) in [5, 5.41) is 4.29. The van der Waals surface area contributed by atoms with E-state index in [4.69, 9.17) is 28.9 Å². The monoisotopic (exact) mass is 318 g/mol. The molecule has 1 aliphatic rings. The van der Waals surface area contributed by atoms with Crippen LogP contribution in [0.1, 0.15) is 29.6 Å². The van der Waals surface area contributed by atoms with Gasteiger partial charge in [-0.15, -0.1) is 0 Å². The molecule has 19 heavy (non-hydrogen) atoms. The zero-order valence-electron chi connectivity index (χ0n) is 10.6. The molecule has 1 saturated carbocycles. The van der Waals surface area contributed by atoms with Gasteiger partial charge in [0.05, 0.1) is 15.7 Å². The largest absolute Gasteiger partial charge is 0.396 e. The molecule has 1 aromatic carbocycles. The van der Waals surface area contributed by atoms with E-state index in [9.17, 15) is 4.79 Å². The fourth-order valence-electron chi connectivity index (χ4n) is 2.27. The zero-order chi connectivity index (χ0) is 14.0. The molecule has 0 saturated heterocycles. The van der Waals surface area contributed by atoms with Crippen LogP contribution in [-0.2, 0) is 0 Å². The number of carbonyl (C=O) groups excluding carboxylic acids is 1. The minimum absolute atomic E-state index is 0.143. The lowest BCUT2D eigenvalue weighted by atomic mass is 10.1. The lowest BCUT2D eigenvalue weighted by Crippen LogP contribution is -2.33. The summed E-state index contributed by atoms with van der Waals surface area (Å²) in [4.78, 5) is 12.1. The number of hydrogen-bond donors (Lipinski definition) is 2. The van der Waals surface area contributed by atoms with E-state index in [1.165, 1.54) is 0 Å². The Morgan fingerprint density at radius 1 is 1.37 bits per heavy atom. The minimum Gasteiger partial charge on any atom is -0.396 e. The van der Waals surface area contributed by atoms with Gasteiger partial charge in [-0.25, -0.2) is 0 Å². The summed E-state index contributed by atoms with van der Waals surface area (Å²) >= 11 is 13.7. The Kier molecular flexibility index (Phi) is 4.87. The van der Waals surface area contributed by atoms with Gasteiger partial charge in [0.1, 0.15) is 0 Å². The highest BCUT2D eigenvalue weighted by molar-refractivity contribution is 7.99. The Morgan fingerprint density at radius 3 is 2.53 bits per heavy atom. The molecule has 2 rings (SSSR count). The first kappa shape index (κ1) is 14.8. The number of nitrogens with one attached hydrogen (secondary N) is 1. The third kappa shape index (κ3) is 3.50. The fraction of sp³-hybridized carbons (Fsp3) is 0.462. The van der Waals surface area contributed by atoms with Crippen molar-refractivity contribution < 1.29 is 4.79 Å². The summed E-state index contributed by atoms with van der Waals surface area (Å²) in [6, 6.07) is 3.35. The minimum atomic E-state index is -0.143. The van der Waals surface area contributed by atoms with Gasteiger partial charge in [-0.2, -0.15) is 11.8 Å². The summed E-state index contributed by atoms with van der Waals surface area (Å²) < 4.78 is 0. The average Bonchev–Trinajstić information content (AvgIpc) is 2.83. The van der Waals surface area contributed by atoms with Crippen LogP contribution in [0.2, 0.25) is 10.0 Å². The van der Waals surface area contributed by atoms with Gasteiger partial charge in [0, 0.05) is 16.9 Å². The molecule has 0 spiro atoms. The van der Waals surface area contributed by atoms with Crippen LogP contribution in [0.4, 0.5) is 5.69 Å². The summed E-state index contributed by atoms with van der Waals surface area (Å²) in [5.74, 6) is -0.143. The van der Waals surface area contributed by atoms with Crippen LogP contribution in [0.25, 0.3) is 0 Å². The molecule has 0 aromatic heterocycles. The van der Waals surface area contributed by atoms with Crippen LogP contribution in [0, 0.1) is 0 Å². The van der Waals surface area contributed by atoms with Crippen LogP contribution in [0.3, 0.4) is 0 Å². The number of amides is 1. The quantitative estimate of drug-likeness (QED) is 0.837. The highest BCUT2D eigenvalue weighted by Crippen LogP contribution is 2.30. The number of rotatable bonds is 3. The van der Waals surface area contributed by atoms with Crippen molar-refractivity contribution in [2.24, 2.45) is 0 Å². The van der Waals surface area contributed by atoms with Crippen molar-refractivity contribution >= 4 is 46.6 Å². The Hall–Kier alpha value is -0.580. The Bertz CT molecular complexity index is 473. The zero-order valence-corrected chi connectivity index (χ0v) is 12.9. The van der Waals surface area contributed by atoms with Crippen LogP contribution < -0.4 is 11.1 Å². The predicted octanol–water partition coefficient (Wildman–Crippen LogP) is 3.59. The van der Waals surface area contributed by atoms with Crippen molar-refractivity contribution in [3.8, 4) is 0 Å². The number of nitrogens with two attached hydrogens (primary N) is 1. The molecule has 0 aliphatic heterocycles. The maximum atomic E-state index is 12.1. The molecule has 104 valence electrons. The van der Waals surface area contributed by atoms with E-state index in [0.29, 0.717) is 26.5 Å². The van der Waals surface area contributed by atoms with Crippen molar-refractivity contribution in [3.05, 3.63) is 27.7 Å². The molecular weight excluding hydrogens is 303 g/mol. The first-order valence-electron chi connectivity index (χ1n) is 6.09. The average molecular weight is 319 g/mol. The smallest absolute Gasteiger partial charge is 0.251 e. The third-order valence-corrected chi connectivity index (χ3v) is 5.11. The van der Waals surface area contributed by atoms with Crippen LogP contribution in [0.15, 0.2) is 12.1 Å². The molecule has 0 heterocycles. The van der Waals surface area contributed by atoms with E-state index in [1.807, 2.05) is 11.8 Å². The van der Waals surface area contributed by atoms with Gasteiger partial charge < -0.3 is 11.1 Å². The third-order valence-electron chi connectivity index (χ3n) is 3.39. The van der Waals surface area contributed by atoms with Crippen molar-refractivity contribution in [1.82, 2.24) is 5.32 Å². The van der Waals surface area contributed by atoms with E-state index in [-0.39, 0.29) is 11.9 Å². The summed E-state index contributed by atoms with van der Waals surface area (Å²) in [5.41, 5.74) is 6.42. The molecule has 1 aliphatic carbocycles. The SMILES string of the molecule is CSC1CCC(NC(=O)c2cc(Cl)c(N)c(Cl)c2)C1. The molecule has 2 unspecified atom stereocenters. The van der Waals surface area contributed by atoms with Gasteiger partial charge in [0.2, 0.25) is 0 Å². The standard InChI is InChI=1S/C13H16Cl2N2OS/c1-19-9-3-2-8(6-9)17-13(18)7-4-10(14)12(16)11(15)5-7/h4-5,8-9H,2-3,6,16H2,1H3,(H,17,18). The topological polar surface area (TPSA) is 55.1 Å². The molecule has 1 amide bonds. The van der Waals surface area contributed by atoms with Gasteiger partial charge in [-0.3, -0.25) is 4.79 Å². The van der Waals surface area contributed by atoms with E-state index in [0.717, 1.165) is 19.3 Å². The number of nitrogen functional groups attached to an aromatic ring is 1. The Morgan fingerprint density at radius 2 is 2.00 bits per heavy atom. The predicted molar refractivity (Wildman–Crippen MR) is 83.3 cm³/mol. The molecule has 2 atom stereocenters. The second kappa shape index (κ2) is 6.25. The Labute approximate surface area is 127 Å². The number of thioether (sulfide) groups is 1. The number of carbonyl (C=O) groups is 1. The molecular formula is C13H16Cl2N2OS. The van der Waals surface area contributed by atoms with Gasteiger partial charge in [-0.1, -0.05) is 23.2 Å². The normalized spacial score (nSPS) is 22.5. The molecule has 0 radical (unpaired) electrons. The van der Waals surface area contributed by atoms with Gasteiger partial charge in [0.15, 0.2) is 0 Å². The van der Waals surface area contributed by atoms with Crippen molar-refractivity contribution in [1.29, 1.82) is 0 Å². The maximum Gasteiger partial charge on any atom is 0.251 e. The molecule has 0 bridgehead atoms. The summed E-state index contributed by atoms with van der Waals surface area (Å²) in [6.07, 6.45) is 5.29. The lowest BCUT2D eigenvalue weighted by Gasteiger charge is -2.13. The summed E-state index contributed by atoms with van der Waals surface area (Å²) in [7, 11) is 0. The number of benzene rings is 1. The van der Waals surface area contributed by atoms with Crippen LogP contribution in [0.5, 0.6) is 0 Å². The molecule has 6 heteroatoms. The maximum absolute atomic E-state index is 12.1. The van der Waals surface area contributed by atoms with E-state index in [1.54, 1.807) is 12.1 Å². The number of hydrogen-bond acceptors (Lipinski definition) is 3. The lowest BCUT2D eigenvalue weighted by molar-refractivity contribution is 0.0938. The van der Waals surface area contributed by atoms with E-state index in [2.05, 4.69) is 11.6 Å². The highest BCUT2D eigenvalue weighted by Gasteiger charge is 2.25. The molecule has 1 fully saturated rings. The second-order valence-corrected chi connectivity index (χ2v) is 6.65. The van der Waals surface area contributed by atoms with Crippen molar-refractivity contribution in [2.75, 3.05) is 12.0 Å². The first-order valence-corrected chi connectivity index (χ1v) is 8.13. The molecule has 3 N–H and O–H groups in total. The van der Waals surface area contributed by atoms with Gasteiger partial charge in [0.25, 0.3) is 5.91 Å². The van der Waals surface area contributed by atoms with Gasteiger partial charge in [-0.05, 0) is 37.7 Å². The van der Waals surface area contributed by atoms with Crippen molar-refractivity contribution in [3.63, 3.8) is 0 Å². The fourth-order valence-corrected chi connectivity index (χ4v) is 3.55. The van der Waals surface area contributed by atoms with E-state index < -0.39 is 0 Å². The highest BCUT2D eigenvalue weighted by atomic mass is 35.5. The van der Waals surface area contributed by atoms with Gasteiger partial charge >= 0.3 is 0 Å². The molecule has 1 aromatic rings. The van der Waals surface area contributed by atoms with Crippen LogP contribution in [-0.4, -0.2) is 23.5 Å². The summed E-state index contributed by atoms with van der Waals surface area (Å²) in [6.45, 7) is 0. The first-order chi connectivity index (χ1) is 9.01. The number of halogens is 2. The van der Waals surface area contributed by atoms with E-state index >= 15 is 0 Å². The number of anilines is 1. The second-order valence-electron chi connectivity index (χ2n) is 4.69. The molecule has 3 nitrogen and oxygen atoms in total.